The molecular weight excluding hydrogens is 204 g/mol. The van der Waals surface area contributed by atoms with Gasteiger partial charge in [-0.3, -0.25) is 0 Å². The van der Waals surface area contributed by atoms with E-state index in [1.807, 2.05) is 0 Å². The summed E-state index contributed by atoms with van der Waals surface area (Å²) in [4.78, 5) is 11.0. The largest absolute Gasteiger partial charge is 0.480 e. The second-order valence-corrected chi connectivity index (χ2v) is 3.31. The summed E-state index contributed by atoms with van der Waals surface area (Å²) in [6, 6.07) is 3.02. The Morgan fingerprint density at radius 1 is 1.40 bits per heavy atom. The van der Waals surface area contributed by atoms with Gasteiger partial charge in [0.05, 0.1) is 0 Å². The summed E-state index contributed by atoms with van der Waals surface area (Å²) in [7, 11) is 1.44. The van der Waals surface area contributed by atoms with Crippen LogP contribution in [0, 0.1) is 11.6 Å². The lowest BCUT2D eigenvalue weighted by Gasteiger charge is -2.24. The van der Waals surface area contributed by atoms with E-state index in [9.17, 15) is 13.6 Å². The Morgan fingerprint density at radius 2 is 2.00 bits per heavy atom. The van der Waals surface area contributed by atoms with Crippen LogP contribution in [0.15, 0.2) is 18.2 Å². The molecule has 0 aromatic heterocycles. The number of carboxylic acid groups (broad SMARTS) is 1. The Kier molecular flexibility index (Phi) is 3.04. The Bertz CT molecular complexity index is 395. The maximum absolute atomic E-state index is 12.9. The van der Waals surface area contributed by atoms with Gasteiger partial charge in [-0.05, 0) is 31.7 Å². The fraction of sp³-hybridized carbons (Fsp3) is 0.300. The molecule has 0 fully saturated rings. The third-order valence-corrected chi connectivity index (χ3v) is 2.42. The minimum atomic E-state index is -1.42. The highest BCUT2D eigenvalue weighted by Crippen LogP contribution is 2.22. The van der Waals surface area contributed by atoms with Crippen LogP contribution >= 0.6 is 0 Å². The predicted octanol–water partition coefficient (Wildman–Crippen LogP) is 1.48. The van der Waals surface area contributed by atoms with Crippen molar-refractivity contribution in [3.8, 4) is 0 Å². The Labute approximate surface area is 85.7 Å². The highest BCUT2D eigenvalue weighted by atomic mass is 19.2. The van der Waals surface area contributed by atoms with Crippen LogP contribution in [0.4, 0.5) is 8.78 Å². The van der Waals surface area contributed by atoms with E-state index in [0.717, 1.165) is 12.1 Å². The van der Waals surface area contributed by atoms with Crippen LogP contribution in [0.2, 0.25) is 0 Å². The number of aliphatic carboxylic acids is 1. The molecule has 3 nitrogen and oxygen atoms in total. The molecule has 0 spiro atoms. The number of carboxylic acids is 1. The van der Waals surface area contributed by atoms with Crippen molar-refractivity contribution < 1.29 is 18.7 Å². The van der Waals surface area contributed by atoms with Gasteiger partial charge in [0, 0.05) is 0 Å². The van der Waals surface area contributed by atoms with Crippen molar-refractivity contribution in [2.75, 3.05) is 7.05 Å². The molecule has 0 bridgehead atoms. The van der Waals surface area contributed by atoms with E-state index < -0.39 is 23.1 Å². The lowest BCUT2D eigenvalue weighted by atomic mass is 9.92. The van der Waals surface area contributed by atoms with Gasteiger partial charge in [0.2, 0.25) is 0 Å². The molecule has 0 aliphatic rings. The number of benzene rings is 1. The lowest BCUT2D eigenvalue weighted by molar-refractivity contribution is -0.144. The summed E-state index contributed by atoms with van der Waals surface area (Å²) in [5, 5.41) is 11.5. The van der Waals surface area contributed by atoms with E-state index in [1.165, 1.54) is 20.0 Å². The maximum atomic E-state index is 12.9. The first-order chi connectivity index (χ1) is 6.91. The molecule has 1 rings (SSSR count). The van der Waals surface area contributed by atoms with Crippen molar-refractivity contribution in [2.24, 2.45) is 0 Å². The molecule has 15 heavy (non-hydrogen) atoms. The zero-order chi connectivity index (χ0) is 11.6. The molecule has 1 aromatic carbocycles. The van der Waals surface area contributed by atoms with Gasteiger partial charge < -0.3 is 10.4 Å². The minimum Gasteiger partial charge on any atom is -0.480 e. The highest BCUT2D eigenvalue weighted by Gasteiger charge is 2.33. The Balaban J connectivity index is 3.25. The molecule has 1 unspecified atom stereocenters. The molecule has 0 heterocycles. The Morgan fingerprint density at radius 3 is 2.40 bits per heavy atom. The van der Waals surface area contributed by atoms with E-state index in [1.54, 1.807) is 0 Å². The molecule has 82 valence electrons. The number of rotatable bonds is 3. The zero-order valence-electron chi connectivity index (χ0n) is 8.34. The maximum Gasteiger partial charge on any atom is 0.328 e. The average Bonchev–Trinajstić information content (AvgIpc) is 2.20. The molecule has 2 N–H and O–H groups in total. The molecule has 0 aliphatic heterocycles. The molecular formula is C10H11F2NO2. The molecule has 0 radical (unpaired) electrons. The van der Waals surface area contributed by atoms with E-state index in [-0.39, 0.29) is 5.56 Å². The van der Waals surface area contributed by atoms with Crippen molar-refractivity contribution >= 4 is 5.97 Å². The highest BCUT2D eigenvalue weighted by molar-refractivity contribution is 5.80. The number of halogens is 2. The van der Waals surface area contributed by atoms with Gasteiger partial charge in [0.1, 0.15) is 5.54 Å². The normalized spacial score (nSPS) is 14.7. The second kappa shape index (κ2) is 3.94. The van der Waals surface area contributed by atoms with Crippen molar-refractivity contribution in [3.05, 3.63) is 35.4 Å². The lowest BCUT2D eigenvalue weighted by Crippen LogP contribution is -2.44. The van der Waals surface area contributed by atoms with E-state index in [4.69, 9.17) is 5.11 Å². The first-order valence-electron chi connectivity index (χ1n) is 4.29. The summed E-state index contributed by atoms with van der Waals surface area (Å²) in [5.41, 5.74) is -1.26. The van der Waals surface area contributed by atoms with E-state index in [0.29, 0.717) is 0 Å². The van der Waals surface area contributed by atoms with E-state index in [2.05, 4.69) is 5.32 Å². The average molecular weight is 215 g/mol. The fourth-order valence-electron chi connectivity index (χ4n) is 1.18. The van der Waals surface area contributed by atoms with Gasteiger partial charge >= 0.3 is 5.97 Å². The van der Waals surface area contributed by atoms with Gasteiger partial charge in [0.25, 0.3) is 0 Å². The van der Waals surface area contributed by atoms with Gasteiger partial charge in [-0.25, -0.2) is 13.6 Å². The van der Waals surface area contributed by atoms with Crippen LogP contribution < -0.4 is 5.32 Å². The van der Waals surface area contributed by atoms with Gasteiger partial charge in [-0.1, -0.05) is 6.07 Å². The number of nitrogens with one attached hydrogen (secondary N) is 1. The van der Waals surface area contributed by atoms with Crippen molar-refractivity contribution in [3.63, 3.8) is 0 Å². The zero-order valence-corrected chi connectivity index (χ0v) is 8.34. The minimum absolute atomic E-state index is 0.163. The summed E-state index contributed by atoms with van der Waals surface area (Å²) >= 11 is 0. The van der Waals surface area contributed by atoms with Crippen molar-refractivity contribution in [1.82, 2.24) is 5.32 Å². The molecule has 5 heteroatoms. The van der Waals surface area contributed by atoms with Crippen LogP contribution in [-0.2, 0) is 10.3 Å². The van der Waals surface area contributed by atoms with Crippen LogP contribution in [0.3, 0.4) is 0 Å². The smallest absolute Gasteiger partial charge is 0.328 e. The third kappa shape index (κ3) is 1.97. The quantitative estimate of drug-likeness (QED) is 0.803. The second-order valence-electron chi connectivity index (χ2n) is 3.31. The standard InChI is InChI=1S/C10H11F2NO2/c1-10(13-2,9(14)15)6-3-4-7(11)8(12)5-6/h3-5,13H,1-2H3,(H,14,15). The van der Waals surface area contributed by atoms with Crippen LogP contribution in [0.25, 0.3) is 0 Å². The van der Waals surface area contributed by atoms with Crippen molar-refractivity contribution in [2.45, 2.75) is 12.5 Å². The summed E-state index contributed by atoms with van der Waals surface area (Å²) in [6.07, 6.45) is 0. The molecule has 0 aliphatic carbocycles. The molecule has 1 aromatic rings. The number of hydrogen-bond donors (Lipinski definition) is 2. The third-order valence-electron chi connectivity index (χ3n) is 2.42. The van der Waals surface area contributed by atoms with Gasteiger partial charge in [-0.2, -0.15) is 0 Å². The molecule has 0 saturated carbocycles. The SMILES string of the molecule is CNC(C)(C(=O)O)c1ccc(F)c(F)c1. The van der Waals surface area contributed by atoms with E-state index >= 15 is 0 Å². The molecule has 0 saturated heterocycles. The fourth-order valence-corrected chi connectivity index (χ4v) is 1.18. The van der Waals surface area contributed by atoms with Crippen LogP contribution in [0.5, 0.6) is 0 Å². The first kappa shape index (κ1) is 11.6. The topological polar surface area (TPSA) is 49.3 Å². The summed E-state index contributed by atoms with van der Waals surface area (Å²) < 4.78 is 25.6. The van der Waals surface area contributed by atoms with Crippen LogP contribution in [0.1, 0.15) is 12.5 Å². The number of carbonyl (C=O) groups is 1. The predicted molar refractivity (Wildman–Crippen MR) is 50.4 cm³/mol. The number of hydrogen-bond acceptors (Lipinski definition) is 2. The number of likely N-dealkylation sites (N-methyl/N-ethyl adjacent to an activating group) is 1. The van der Waals surface area contributed by atoms with Gasteiger partial charge in [-0.15, -0.1) is 0 Å². The van der Waals surface area contributed by atoms with Crippen molar-refractivity contribution in [1.29, 1.82) is 0 Å². The summed E-state index contributed by atoms with van der Waals surface area (Å²) in [5.74, 6) is -3.21. The Hall–Kier alpha value is -1.49. The summed E-state index contributed by atoms with van der Waals surface area (Å²) in [6.45, 7) is 1.38. The monoisotopic (exact) mass is 215 g/mol. The first-order valence-corrected chi connectivity index (χ1v) is 4.29. The molecule has 0 amide bonds. The van der Waals surface area contributed by atoms with Crippen LogP contribution in [-0.4, -0.2) is 18.1 Å². The molecule has 1 atom stereocenters. The van der Waals surface area contributed by atoms with Gasteiger partial charge in [0.15, 0.2) is 11.6 Å².